The summed E-state index contributed by atoms with van der Waals surface area (Å²) in [6.45, 7) is 6.17. The first-order chi connectivity index (χ1) is 8.01. The lowest BCUT2D eigenvalue weighted by molar-refractivity contribution is -0.141. The number of carbonyl (C=O) groups is 2. The fourth-order valence-corrected chi connectivity index (χ4v) is 1.32. The second-order valence-corrected chi connectivity index (χ2v) is 4.29. The maximum atomic E-state index is 11.5. The second-order valence-electron chi connectivity index (χ2n) is 4.29. The zero-order chi connectivity index (χ0) is 13.3. The van der Waals surface area contributed by atoms with Gasteiger partial charge in [0.25, 0.3) is 0 Å². The summed E-state index contributed by atoms with van der Waals surface area (Å²) in [6, 6.07) is -0.499. The van der Waals surface area contributed by atoms with Gasteiger partial charge in [-0.1, -0.05) is 26.7 Å². The van der Waals surface area contributed by atoms with Gasteiger partial charge in [0.15, 0.2) is 0 Å². The molecule has 0 saturated carbocycles. The molecular weight excluding hydrogens is 220 g/mol. The smallest absolute Gasteiger partial charge is 0.326 e. The number of hydrogen-bond acceptors (Lipinski definition) is 3. The van der Waals surface area contributed by atoms with Gasteiger partial charge in [0.05, 0.1) is 6.54 Å². The summed E-state index contributed by atoms with van der Waals surface area (Å²) in [6.07, 6.45) is 3.15. The molecule has 0 rings (SSSR count). The van der Waals surface area contributed by atoms with Crippen LogP contribution in [0.15, 0.2) is 0 Å². The van der Waals surface area contributed by atoms with Crippen molar-refractivity contribution in [3.63, 3.8) is 0 Å². The largest absolute Gasteiger partial charge is 0.480 e. The minimum atomic E-state index is -0.963. The van der Waals surface area contributed by atoms with Gasteiger partial charge in [-0.2, -0.15) is 0 Å². The van der Waals surface area contributed by atoms with E-state index in [0.717, 1.165) is 19.3 Å². The van der Waals surface area contributed by atoms with Crippen LogP contribution < -0.4 is 10.6 Å². The average Bonchev–Trinajstić information content (AvgIpc) is 2.30. The average molecular weight is 244 g/mol. The third-order valence-electron chi connectivity index (χ3n) is 2.70. The van der Waals surface area contributed by atoms with E-state index in [-0.39, 0.29) is 18.5 Å². The lowest BCUT2D eigenvalue weighted by Crippen LogP contribution is -2.45. The number of carboxylic acid groups (broad SMARTS) is 1. The molecule has 17 heavy (non-hydrogen) atoms. The van der Waals surface area contributed by atoms with Gasteiger partial charge in [-0.25, -0.2) is 4.79 Å². The van der Waals surface area contributed by atoms with Crippen molar-refractivity contribution < 1.29 is 14.7 Å². The lowest BCUT2D eigenvalue weighted by atomic mass is 10.1. The van der Waals surface area contributed by atoms with Gasteiger partial charge >= 0.3 is 5.97 Å². The first-order valence-electron chi connectivity index (χ1n) is 6.26. The molecule has 5 heteroatoms. The van der Waals surface area contributed by atoms with Gasteiger partial charge in [-0.3, -0.25) is 4.79 Å². The Balaban J connectivity index is 3.99. The number of carboxylic acids is 1. The van der Waals surface area contributed by atoms with Gasteiger partial charge in [0.2, 0.25) is 5.91 Å². The fourth-order valence-electron chi connectivity index (χ4n) is 1.32. The highest BCUT2D eigenvalue weighted by Gasteiger charge is 2.18. The molecule has 0 aliphatic rings. The normalized spacial score (nSPS) is 14.1. The Labute approximate surface area is 103 Å². The predicted molar refractivity (Wildman–Crippen MR) is 66.8 cm³/mol. The Morgan fingerprint density at radius 3 is 2.41 bits per heavy atom. The van der Waals surface area contributed by atoms with E-state index < -0.39 is 12.0 Å². The summed E-state index contributed by atoms with van der Waals surface area (Å²) >= 11 is 0. The van der Waals surface area contributed by atoms with Crippen molar-refractivity contribution in [2.75, 3.05) is 6.54 Å². The van der Waals surface area contributed by atoms with E-state index in [2.05, 4.69) is 10.6 Å². The molecule has 0 aromatic rings. The highest BCUT2D eigenvalue weighted by Crippen LogP contribution is 2.00. The molecule has 0 aliphatic heterocycles. The Bertz CT molecular complexity index is 244. The van der Waals surface area contributed by atoms with E-state index in [4.69, 9.17) is 5.11 Å². The van der Waals surface area contributed by atoms with Gasteiger partial charge in [-0.05, 0) is 19.8 Å². The number of carbonyl (C=O) groups excluding carboxylic acids is 1. The fraction of sp³-hybridized carbons (Fsp3) is 0.833. The molecular formula is C12H24N2O3. The zero-order valence-corrected chi connectivity index (χ0v) is 11.0. The molecule has 0 saturated heterocycles. The number of hydrogen-bond donors (Lipinski definition) is 3. The minimum Gasteiger partial charge on any atom is -0.480 e. The maximum absolute atomic E-state index is 11.5. The molecule has 0 fully saturated rings. The van der Waals surface area contributed by atoms with Crippen LogP contribution in [0.4, 0.5) is 0 Å². The summed E-state index contributed by atoms with van der Waals surface area (Å²) < 4.78 is 0. The Morgan fingerprint density at radius 1 is 1.29 bits per heavy atom. The summed E-state index contributed by atoms with van der Waals surface area (Å²) in [5.41, 5.74) is 0. The van der Waals surface area contributed by atoms with Crippen molar-refractivity contribution in [1.29, 1.82) is 0 Å². The molecule has 0 aromatic heterocycles. The van der Waals surface area contributed by atoms with Crippen molar-refractivity contribution in [3.8, 4) is 0 Å². The van der Waals surface area contributed by atoms with Crippen LogP contribution in [-0.4, -0.2) is 35.6 Å². The van der Waals surface area contributed by atoms with Crippen LogP contribution in [0.3, 0.4) is 0 Å². The lowest BCUT2D eigenvalue weighted by Gasteiger charge is -2.16. The van der Waals surface area contributed by atoms with Crippen molar-refractivity contribution in [1.82, 2.24) is 10.6 Å². The van der Waals surface area contributed by atoms with Crippen molar-refractivity contribution in [3.05, 3.63) is 0 Å². The van der Waals surface area contributed by atoms with E-state index >= 15 is 0 Å². The van der Waals surface area contributed by atoms with Crippen molar-refractivity contribution in [2.24, 2.45) is 0 Å². The quantitative estimate of drug-likeness (QED) is 0.568. The standard InChI is InChI=1S/C12H24N2O3/c1-4-6-7-10(12(16)17)14-11(15)8-13-9(3)5-2/h9-10,13H,4-8H2,1-3H3,(H,14,15)(H,16,17). The van der Waals surface area contributed by atoms with Crippen LogP contribution in [-0.2, 0) is 9.59 Å². The topological polar surface area (TPSA) is 78.4 Å². The molecule has 2 atom stereocenters. The molecule has 5 nitrogen and oxygen atoms in total. The number of rotatable bonds is 9. The zero-order valence-electron chi connectivity index (χ0n) is 11.0. The Kier molecular flexibility index (Phi) is 8.40. The molecule has 3 N–H and O–H groups in total. The monoisotopic (exact) mass is 244 g/mol. The molecule has 0 bridgehead atoms. The number of aliphatic carboxylic acids is 1. The highest BCUT2D eigenvalue weighted by atomic mass is 16.4. The maximum Gasteiger partial charge on any atom is 0.326 e. The molecule has 2 unspecified atom stereocenters. The predicted octanol–water partition coefficient (Wildman–Crippen LogP) is 1.13. The molecule has 1 amide bonds. The van der Waals surface area contributed by atoms with E-state index in [1.165, 1.54) is 0 Å². The molecule has 0 heterocycles. The van der Waals surface area contributed by atoms with Gasteiger partial charge in [-0.15, -0.1) is 0 Å². The molecule has 0 aliphatic carbocycles. The first-order valence-corrected chi connectivity index (χ1v) is 6.26. The molecule has 100 valence electrons. The van der Waals surface area contributed by atoms with E-state index in [1.807, 2.05) is 20.8 Å². The van der Waals surface area contributed by atoms with Crippen LogP contribution in [0.5, 0.6) is 0 Å². The van der Waals surface area contributed by atoms with E-state index in [1.54, 1.807) is 0 Å². The highest BCUT2D eigenvalue weighted by molar-refractivity contribution is 5.84. The van der Waals surface area contributed by atoms with Crippen LogP contribution in [0.25, 0.3) is 0 Å². The van der Waals surface area contributed by atoms with Crippen LogP contribution in [0, 0.1) is 0 Å². The Morgan fingerprint density at radius 2 is 1.94 bits per heavy atom. The molecule has 0 radical (unpaired) electrons. The van der Waals surface area contributed by atoms with Gasteiger partial charge < -0.3 is 15.7 Å². The molecule has 0 aromatic carbocycles. The summed E-state index contributed by atoms with van der Waals surface area (Å²) in [7, 11) is 0. The van der Waals surface area contributed by atoms with Gasteiger partial charge in [0.1, 0.15) is 6.04 Å². The van der Waals surface area contributed by atoms with Gasteiger partial charge in [0, 0.05) is 6.04 Å². The summed E-state index contributed by atoms with van der Waals surface area (Å²) in [5.74, 6) is -1.22. The number of amides is 1. The van der Waals surface area contributed by atoms with Crippen LogP contribution >= 0.6 is 0 Å². The van der Waals surface area contributed by atoms with E-state index in [9.17, 15) is 9.59 Å². The number of unbranched alkanes of at least 4 members (excludes halogenated alkanes) is 1. The van der Waals surface area contributed by atoms with Crippen LogP contribution in [0.2, 0.25) is 0 Å². The second kappa shape index (κ2) is 8.98. The third-order valence-corrected chi connectivity index (χ3v) is 2.70. The summed E-state index contributed by atoms with van der Waals surface area (Å²) in [4.78, 5) is 22.4. The Hall–Kier alpha value is -1.10. The SMILES string of the molecule is CCCCC(NC(=O)CNC(C)CC)C(=O)O. The van der Waals surface area contributed by atoms with E-state index in [0.29, 0.717) is 6.42 Å². The summed E-state index contributed by atoms with van der Waals surface area (Å²) in [5, 5.41) is 14.5. The molecule has 0 spiro atoms. The minimum absolute atomic E-state index is 0.172. The third kappa shape index (κ3) is 7.74. The van der Waals surface area contributed by atoms with Crippen LogP contribution in [0.1, 0.15) is 46.5 Å². The van der Waals surface area contributed by atoms with Crippen molar-refractivity contribution in [2.45, 2.75) is 58.5 Å². The van der Waals surface area contributed by atoms with Crippen molar-refractivity contribution >= 4 is 11.9 Å². The first kappa shape index (κ1) is 15.9. The number of nitrogens with one attached hydrogen (secondary N) is 2.